The molecule has 0 aromatic heterocycles. The fourth-order valence-corrected chi connectivity index (χ4v) is 2.97. The molecule has 0 saturated heterocycles. The zero-order chi connectivity index (χ0) is 14.8. The number of halogens is 1. The highest BCUT2D eigenvalue weighted by molar-refractivity contribution is 6.30. The molecule has 0 heterocycles. The maximum absolute atomic E-state index is 11.8. The summed E-state index contributed by atoms with van der Waals surface area (Å²) in [6, 6.07) is 14.0. The zero-order valence-corrected chi connectivity index (χ0v) is 12.5. The highest BCUT2D eigenvalue weighted by Gasteiger charge is 2.19. The van der Waals surface area contributed by atoms with Crippen LogP contribution in [0, 0.1) is 0 Å². The quantitative estimate of drug-likeness (QED) is 0.586. The Morgan fingerprint density at radius 2 is 1.81 bits per heavy atom. The van der Waals surface area contributed by atoms with Gasteiger partial charge in [-0.05, 0) is 52.8 Å². The van der Waals surface area contributed by atoms with E-state index in [1.165, 1.54) is 12.7 Å². The number of hydrogen-bond donors (Lipinski definition) is 0. The molecule has 0 N–H and O–H groups in total. The molecule has 3 rings (SSSR count). The summed E-state index contributed by atoms with van der Waals surface area (Å²) in [6.07, 6.45) is 3.41. The zero-order valence-electron chi connectivity index (χ0n) is 11.7. The summed E-state index contributed by atoms with van der Waals surface area (Å²) in [5, 5.41) is 0.720. The first-order valence-electron chi connectivity index (χ1n) is 6.86. The van der Waals surface area contributed by atoms with E-state index in [9.17, 15) is 4.79 Å². The van der Waals surface area contributed by atoms with Gasteiger partial charge in [0.1, 0.15) is 0 Å². The minimum absolute atomic E-state index is 0.345. The summed E-state index contributed by atoms with van der Waals surface area (Å²) >= 11 is 6.11. The molecule has 2 aromatic rings. The van der Waals surface area contributed by atoms with Crippen molar-refractivity contribution in [2.24, 2.45) is 0 Å². The Bertz CT molecular complexity index is 732. The van der Waals surface area contributed by atoms with E-state index in [0.29, 0.717) is 0 Å². The maximum Gasteiger partial charge on any atom is 0.331 e. The molecule has 0 atom stereocenters. The van der Waals surface area contributed by atoms with Gasteiger partial charge in [-0.15, -0.1) is 0 Å². The molecule has 0 spiro atoms. The molecule has 0 bridgehead atoms. The van der Waals surface area contributed by atoms with Crippen molar-refractivity contribution in [2.45, 2.75) is 12.8 Å². The Balaban J connectivity index is 2.25. The lowest BCUT2D eigenvalue weighted by molar-refractivity contribution is -0.134. The van der Waals surface area contributed by atoms with E-state index in [1.807, 2.05) is 36.4 Å². The van der Waals surface area contributed by atoms with Crippen LogP contribution in [0.1, 0.15) is 22.3 Å². The van der Waals surface area contributed by atoms with Crippen LogP contribution in [0.3, 0.4) is 0 Å². The second-order valence-corrected chi connectivity index (χ2v) is 5.48. The normalized spacial score (nSPS) is 15.0. The highest BCUT2D eigenvalue weighted by atomic mass is 35.5. The fraction of sp³-hybridized carbons (Fsp3) is 0.167. The van der Waals surface area contributed by atoms with Crippen molar-refractivity contribution in [2.75, 3.05) is 7.11 Å². The lowest BCUT2D eigenvalue weighted by Crippen LogP contribution is -2.00. The number of ether oxygens (including phenoxy) is 1. The summed E-state index contributed by atoms with van der Waals surface area (Å²) < 4.78 is 4.81. The van der Waals surface area contributed by atoms with Crippen molar-refractivity contribution < 1.29 is 9.53 Å². The van der Waals surface area contributed by atoms with E-state index in [2.05, 4.69) is 6.07 Å². The number of esters is 1. The first-order valence-corrected chi connectivity index (χ1v) is 7.23. The van der Waals surface area contributed by atoms with Gasteiger partial charge >= 0.3 is 5.97 Å². The van der Waals surface area contributed by atoms with E-state index < -0.39 is 0 Å². The lowest BCUT2D eigenvalue weighted by atomic mass is 9.94. The molecular weight excluding hydrogens is 284 g/mol. The molecule has 106 valence electrons. The van der Waals surface area contributed by atoms with Crippen LogP contribution in [0.2, 0.25) is 5.02 Å². The Morgan fingerprint density at radius 1 is 1.10 bits per heavy atom. The van der Waals surface area contributed by atoms with Crippen molar-refractivity contribution in [3.8, 4) is 0 Å². The van der Waals surface area contributed by atoms with Crippen molar-refractivity contribution in [3.05, 3.63) is 75.8 Å². The monoisotopic (exact) mass is 298 g/mol. The number of fused-ring (bicyclic) bond motifs is 2. The number of rotatable bonds is 1. The number of carbonyl (C=O) groups is 1. The molecule has 3 heteroatoms. The Hall–Kier alpha value is -2.06. The molecule has 0 amide bonds. The van der Waals surface area contributed by atoms with Gasteiger partial charge in [0.15, 0.2) is 0 Å². The third-order valence-electron chi connectivity index (χ3n) is 3.79. The number of benzene rings is 2. The van der Waals surface area contributed by atoms with Crippen LogP contribution in [0.25, 0.3) is 5.57 Å². The third-order valence-corrected chi connectivity index (χ3v) is 4.03. The average molecular weight is 299 g/mol. The van der Waals surface area contributed by atoms with Crippen molar-refractivity contribution in [1.82, 2.24) is 0 Å². The molecular formula is C18H15ClO2. The van der Waals surface area contributed by atoms with Crippen LogP contribution < -0.4 is 0 Å². The van der Waals surface area contributed by atoms with Crippen molar-refractivity contribution in [3.63, 3.8) is 0 Å². The number of carbonyl (C=O) groups excluding carboxylic acids is 1. The molecule has 0 saturated carbocycles. The molecule has 0 fully saturated rings. The molecule has 0 aliphatic heterocycles. The topological polar surface area (TPSA) is 26.3 Å². The van der Waals surface area contributed by atoms with E-state index in [1.54, 1.807) is 6.08 Å². The van der Waals surface area contributed by atoms with Gasteiger partial charge in [-0.2, -0.15) is 0 Å². The predicted molar refractivity (Wildman–Crippen MR) is 84.4 cm³/mol. The number of methoxy groups -OCH3 is 1. The Kier molecular flexibility index (Phi) is 3.80. The minimum atomic E-state index is -0.345. The van der Waals surface area contributed by atoms with Crippen molar-refractivity contribution in [1.29, 1.82) is 0 Å². The van der Waals surface area contributed by atoms with Crippen LogP contribution >= 0.6 is 11.6 Å². The average Bonchev–Trinajstić information content (AvgIpc) is 2.65. The van der Waals surface area contributed by atoms with Crippen molar-refractivity contribution >= 4 is 23.1 Å². The van der Waals surface area contributed by atoms with Crippen LogP contribution in [0.15, 0.2) is 48.5 Å². The molecule has 1 aliphatic carbocycles. The molecule has 2 nitrogen and oxygen atoms in total. The van der Waals surface area contributed by atoms with E-state index in [-0.39, 0.29) is 5.97 Å². The van der Waals surface area contributed by atoms with Crippen LogP contribution in [0.5, 0.6) is 0 Å². The maximum atomic E-state index is 11.8. The van der Waals surface area contributed by atoms with Gasteiger partial charge in [0.05, 0.1) is 7.11 Å². The summed E-state index contributed by atoms with van der Waals surface area (Å²) in [4.78, 5) is 11.8. The predicted octanol–water partition coefficient (Wildman–Crippen LogP) is 4.04. The summed E-state index contributed by atoms with van der Waals surface area (Å²) in [6.45, 7) is 0. The van der Waals surface area contributed by atoms with Crippen LogP contribution in [0.4, 0.5) is 0 Å². The van der Waals surface area contributed by atoms with Gasteiger partial charge in [0.25, 0.3) is 0 Å². The smallest absolute Gasteiger partial charge is 0.331 e. The molecule has 2 aromatic carbocycles. The first kappa shape index (κ1) is 13.9. The molecule has 21 heavy (non-hydrogen) atoms. The number of aryl methyl sites for hydroxylation is 2. The Morgan fingerprint density at radius 3 is 2.62 bits per heavy atom. The van der Waals surface area contributed by atoms with Gasteiger partial charge in [0.2, 0.25) is 0 Å². The van der Waals surface area contributed by atoms with E-state index in [4.69, 9.17) is 16.3 Å². The van der Waals surface area contributed by atoms with Crippen LogP contribution in [-0.4, -0.2) is 13.1 Å². The second-order valence-electron chi connectivity index (χ2n) is 5.04. The van der Waals surface area contributed by atoms with Gasteiger partial charge in [-0.3, -0.25) is 0 Å². The van der Waals surface area contributed by atoms with E-state index >= 15 is 0 Å². The van der Waals surface area contributed by atoms with Crippen LogP contribution in [-0.2, 0) is 22.4 Å². The first-order chi connectivity index (χ1) is 10.2. The molecule has 1 aliphatic rings. The van der Waals surface area contributed by atoms with Gasteiger partial charge in [-0.1, -0.05) is 41.9 Å². The van der Waals surface area contributed by atoms with Gasteiger partial charge in [0, 0.05) is 11.1 Å². The second kappa shape index (κ2) is 5.74. The standard InChI is InChI=1S/C18H15ClO2/c1-21-18(20)11-17-15-5-3-2-4-12(15)6-7-13-10-14(19)8-9-16(13)17/h2-5,8-11H,6-7H2,1H3. The van der Waals surface area contributed by atoms with Gasteiger partial charge < -0.3 is 4.74 Å². The Labute approximate surface area is 129 Å². The molecule has 0 unspecified atom stereocenters. The van der Waals surface area contributed by atoms with E-state index in [0.717, 1.165) is 40.1 Å². The fourth-order valence-electron chi connectivity index (χ4n) is 2.78. The summed E-state index contributed by atoms with van der Waals surface area (Å²) in [7, 11) is 1.39. The lowest BCUT2D eigenvalue weighted by Gasteiger charge is -2.11. The largest absolute Gasteiger partial charge is 0.466 e. The third kappa shape index (κ3) is 2.72. The summed E-state index contributed by atoms with van der Waals surface area (Å²) in [5.41, 5.74) is 5.44. The van der Waals surface area contributed by atoms with Gasteiger partial charge in [-0.25, -0.2) is 4.79 Å². The number of hydrogen-bond acceptors (Lipinski definition) is 2. The minimum Gasteiger partial charge on any atom is -0.466 e. The molecule has 0 radical (unpaired) electrons. The SMILES string of the molecule is COC(=O)C=C1c2ccccc2CCc2cc(Cl)ccc21. The highest BCUT2D eigenvalue weighted by Crippen LogP contribution is 2.34. The summed E-state index contributed by atoms with van der Waals surface area (Å²) in [5.74, 6) is -0.345.